The van der Waals surface area contributed by atoms with Gasteiger partial charge in [-0.05, 0) is 44.6 Å². The molecule has 0 unspecified atom stereocenters. The van der Waals surface area contributed by atoms with Crippen LogP contribution in [-0.2, 0) is 23.0 Å². The van der Waals surface area contributed by atoms with Gasteiger partial charge in [-0.2, -0.15) is 0 Å². The number of aromatic nitrogens is 1. The van der Waals surface area contributed by atoms with E-state index in [1.807, 2.05) is 26.1 Å². The van der Waals surface area contributed by atoms with Gasteiger partial charge in [-0.1, -0.05) is 12.1 Å². The second-order valence-corrected chi connectivity index (χ2v) is 7.77. The van der Waals surface area contributed by atoms with Crippen molar-refractivity contribution in [1.29, 1.82) is 0 Å². The summed E-state index contributed by atoms with van der Waals surface area (Å²) in [5.74, 6) is 0. The average molecular weight is 325 g/mol. The number of hydrogen-bond donors (Lipinski definition) is 2. The second-order valence-electron chi connectivity index (χ2n) is 4.69. The molecule has 1 heterocycles. The Morgan fingerprint density at radius 3 is 2.52 bits per heavy atom. The van der Waals surface area contributed by atoms with Gasteiger partial charge < -0.3 is 5.32 Å². The standard InChI is InChI=1S/C14H19N3O2S2/c1-11-9-16-14(20-11)10-17-21(18,19)13-5-3-12(4-6-13)7-8-15-2/h3-6,9,15,17H,7-8,10H2,1-2H3. The fourth-order valence-corrected chi connectivity index (χ4v) is 3.63. The monoisotopic (exact) mass is 325 g/mol. The largest absolute Gasteiger partial charge is 0.319 e. The summed E-state index contributed by atoms with van der Waals surface area (Å²) in [6.07, 6.45) is 2.62. The lowest BCUT2D eigenvalue weighted by Crippen LogP contribution is -2.23. The van der Waals surface area contributed by atoms with Crippen molar-refractivity contribution in [2.75, 3.05) is 13.6 Å². The zero-order valence-corrected chi connectivity index (χ0v) is 13.7. The van der Waals surface area contributed by atoms with E-state index in [4.69, 9.17) is 0 Å². The predicted octanol–water partition coefficient (Wildman–Crippen LogP) is 1.69. The first kappa shape index (κ1) is 16.1. The average Bonchev–Trinajstić information content (AvgIpc) is 2.89. The summed E-state index contributed by atoms with van der Waals surface area (Å²) in [5, 5.41) is 3.83. The van der Waals surface area contributed by atoms with E-state index in [-0.39, 0.29) is 11.4 Å². The summed E-state index contributed by atoms with van der Waals surface area (Å²) in [6.45, 7) is 3.04. The summed E-state index contributed by atoms with van der Waals surface area (Å²) in [6, 6.07) is 6.97. The van der Waals surface area contributed by atoms with Crippen LogP contribution in [0.25, 0.3) is 0 Å². The van der Waals surface area contributed by atoms with Gasteiger partial charge in [-0.15, -0.1) is 11.3 Å². The first-order valence-corrected chi connectivity index (χ1v) is 8.96. The molecule has 0 saturated carbocycles. The van der Waals surface area contributed by atoms with Crippen molar-refractivity contribution in [3.8, 4) is 0 Å². The third-order valence-electron chi connectivity index (χ3n) is 2.98. The van der Waals surface area contributed by atoms with Crippen LogP contribution in [0, 0.1) is 6.92 Å². The van der Waals surface area contributed by atoms with Crippen LogP contribution >= 0.6 is 11.3 Å². The Morgan fingerprint density at radius 1 is 1.24 bits per heavy atom. The number of aryl methyl sites for hydroxylation is 1. The number of thiazole rings is 1. The van der Waals surface area contributed by atoms with E-state index in [2.05, 4.69) is 15.0 Å². The first-order chi connectivity index (χ1) is 10.0. The van der Waals surface area contributed by atoms with Crippen LogP contribution in [0.2, 0.25) is 0 Å². The van der Waals surface area contributed by atoms with Gasteiger partial charge in [0.05, 0.1) is 11.4 Å². The summed E-state index contributed by atoms with van der Waals surface area (Å²) in [5.41, 5.74) is 1.11. The minimum absolute atomic E-state index is 0.225. The quantitative estimate of drug-likeness (QED) is 0.813. The normalized spacial score (nSPS) is 11.7. The smallest absolute Gasteiger partial charge is 0.240 e. The highest BCUT2D eigenvalue weighted by atomic mass is 32.2. The van der Waals surface area contributed by atoms with Crippen LogP contribution in [0.1, 0.15) is 15.4 Å². The third-order valence-corrected chi connectivity index (χ3v) is 5.31. The lowest BCUT2D eigenvalue weighted by atomic mass is 10.1. The Hall–Kier alpha value is -1.28. The topological polar surface area (TPSA) is 71.1 Å². The molecular formula is C14H19N3O2S2. The van der Waals surface area contributed by atoms with E-state index in [1.54, 1.807) is 18.3 Å². The van der Waals surface area contributed by atoms with Crippen LogP contribution in [-0.4, -0.2) is 27.0 Å². The summed E-state index contributed by atoms with van der Waals surface area (Å²) in [4.78, 5) is 5.49. The lowest BCUT2D eigenvalue weighted by Gasteiger charge is -2.06. The number of nitrogens with zero attached hydrogens (tertiary/aromatic N) is 1. The molecule has 0 amide bonds. The highest BCUT2D eigenvalue weighted by Gasteiger charge is 2.14. The van der Waals surface area contributed by atoms with Crippen LogP contribution in [0.3, 0.4) is 0 Å². The number of sulfonamides is 1. The van der Waals surface area contributed by atoms with Crippen LogP contribution in [0.5, 0.6) is 0 Å². The molecular weight excluding hydrogens is 306 g/mol. The molecule has 0 radical (unpaired) electrons. The minimum Gasteiger partial charge on any atom is -0.319 e. The molecule has 2 N–H and O–H groups in total. The summed E-state index contributed by atoms with van der Waals surface area (Å²) < 4.78 is 27.0. The number of likely N-dealkylation sites (N-methyl/N-ethyl adjacent to an activating group) is 1. The fraction of sp³-hybridized carbons (Fsp3) is 0.357. The van der Waals surface area contributed by atoms with Crippen molar-refractivity contribution in [3.05, 3.63) is 45.9 Å². The zero-order chi connectivity index (χ0) is 15.3. The van der Waals surface area contributed by atoms with Crippen LogP contribution in [0.15, 0.2) is 35.4 Å². The molecule has 5 nitrogen and oxygen atoms in total. The molecule has 0 aliphatic carbocycles. The van der Waals surface area contributed by atoms with Gasteiger partial charge in [0.25, 0.3) is 0 Å². The Kier molecular flexibility index (Phi) is 5.46. The lowest BCUT2D eigenvalue weighted by molar-refractivity contribution is 0.581. The minimum atomic E-state index is -3.49. The number of nitrogens with one attached hydrogen (secondary N) is 2. The molecule has 0 fully saturated rings. The summed E-state index contributed by atoms with van der Waals surface area (Å²) in [7, 11) is -1.59. The van der Waals surface area contributed by atoms with E-state index in [9.17, 15) is 8.42 Å². The second kappa shape index (κ2) is 7.13. The van der Waals surface area contributed by atoms with Gasteiger partial charge in [-0.3, -0.25) is 0 Å². The van der Waals surface area contributed by atoms with E-state index < -0.39 is 10.0 Å². The van der Waals surface area contributed by atoms with Gasteiger partial charge in [0.15, 0.2) is 0 Å². The molecule has 0 saturated heterocycles. The third kappa shape index (κ3) is 4.60. The zero-order valence-electron chi connectivity index (χ0n) is 12.1. The molecule has 0 spiro atoms. The number of benzene rings is 1. The van der Waals surface area contributed by atoms with E-state index >= 15 is 0 Å². The van der Waals surface area contributed by atoms with Crippen molar-refractivity contribution >= 4 is 21.4 Å². The predicted molar refractivity (Wildman–Crippen MR) is 84.9 cm³/mol. The molecule has 2 aromatic rings. The molecule has 7 heteroatoms. The van der Waals surface area contributed by atoms with Crippen LogP contribution in [0.4, 0.5) is 0 Å². The molecule has 0 atom stereocenters. The summed E-state index contributed by atoms with van der Waals surface area (Å²) >= 11 is 1.49. The molecule has 1 aromatic heterocycles. The number of rotatable bonds is 7. The molecule has 0 aliphatic heterocycles. The van der Waals surface area contributed by atoms with Gasteiger partial charge in [-0.25, -0.2) is 18.1 Å². The van der Waals surface area contributed by atoms with Crippen molar-refractivity contribution in [3.63, 3.8) is 0 Å². The Labute approximate surface area is 129 Å². The molecule has 1 aromatic carbocycles. The van der Waals surface area contributed by atoms with Crippen molar-refractivity contribution in [2.45, 2.75) is 24.8 Å². The molecule has 0 bridgehead atoms. The Morgan fingerprint density at radius 2 is 1.95 bits per heavy atom. The number of hydrogen-bond acceptors (Lipinski definition) is 5. The van der Waals surface area contributed by atoms with Crippen molar-refractivity contribution < 1.29 is 8.42 Å². The fourth-order valence-electron chi connectivity index (χ4n) is 1.83. The molecule has 114 valence electrons. The van der Waals surface area contributed by atoms with E-state index in [1.165, 1.54) is 11.3 Å². The van der Waals surface area contributed by atoms with E-state index in [0.29, 0.717) is 0 Å². The molecule has 0 aliphatic rings. The van der Waals surface area contributed by atoms with Crippen molar-refractivity contribution in [2.24, 2.45) is 0 Å². The molecule has 2 rings (SSSR count). The maximum atomic E-state index is 12.2. The highest BCUT2D eigenvalue weighted by molar-refractivity contribution is 7.89. The van der Waals surface area contributed by atoms with Gasteiger partial charge in [0.1, 0.15) is 5.01 Å². The molecule has 21 heavy (non-hydrogen) atoms. The maximum Gasteiger partial charge on any atom is 0.240 e. The Bertz CT molecular complexity index is 678. The van der Waals surface area contributed by atoms with E-state index in [0.717, 1.165) is 28.4 Å². The van der Waals surface area contributed by atoms with Gasteiger partial charge >= 0.3 is 0 Å². The van der Waals surface area contributed by atoms with Crippen LogP contribution < -0.4 is 10.0 Å². The Balaban J connectivity index is 2.01. The van der Waals surface area contributed by atoms with Gasteiger partial charge in [0, 0.05) is 11.1 Å². The van der Waals surface area contributed by atoms with Gasteiger partial charge in [0.2, 0.25) is 10.0 Å². The van der Waals surface area contributed by atoms with Crippen molar-refractivity contribution in [1.82, 2.24) is 15.0 Å². The first-order valence-electron chi connectivity index (χ1n) is 6.66. The highest BCUT2D eigenvalue weighted by Crippen LogP contribution is 2.14. The maximum absolute atomic E-state index is 12.2. The SMILES string of the molecule is CNCCc1ccc(S(=O)(=O)NCc2ncc(C)s2)cc1.